The van der Waals surface area contributed by atoms with E-state index in [0.717, 1.165) is 0 Å². The number of hydrogen-bond donors (Lipinski definition) is 1. The lowest BCUT2D eigenvalue weighted by atomic mass is 10.9. The molecule has 0 saturated heterocycles. The van der Waals surface area contributed by atoms with E-state index in [1.54, 1.807) is 13.8 Å². The minimum absolute atomic E-state index is 0.116. The molecule has 0 heterocycles. The van der Waals surface area contributed by atoms with Crippen LogP contribution in [0.5, 0.6) is 0 Å². The van der Waals surface area contributed by atoms with E-state index < -0.39 is 13.9 Å². The lowest BCUT2D eigenvalue weighted by molar-refractivity contribution is 0.137. The van der Waals surface area contributed by atoms with Crippen LogP contribution in [0.3, 0.4) is 0 Å². The third-order valence-corrected chi connectivity index (χ3v) is 2.33. The van der Waals surface area contributed by atoms with Crippen LogP contribution < -0.4 is 5.73 Å². The van der Waals surface area contributed by atoms with Crippen molar-refractivity contribution < 1.29 is 22.9 Å². The molecule has 0 bridgehead atoms. The van der Waals surface area contributed by atoms with Gasteiger partial charge in [-0.3, -0.25) is 9.05 Å². The molecule has 0 saturated carbocycles. The molecule has 0 spiro atoms. The predicted molar refractivity (Wildman–Crippen MR) is 41.5 cm³/mol. The van der Waals surface area contributed by atoms with Crippen molar-refractivity contribution in [1.29, 1.82) is 0 Å². The molecule has 0 aromatic carbocycles. The maximum atomic E-state index is 11.3. The molecule has 0 atom stereocenters. The summed E-state index contributed by atoms with van der Waals surface area (Å²) in [5, 5.41) is 0. The highest BCUT2D eigenvalue weighted by Crippen LogP contribution is 2.48. The second kappa shape index (κ2) is 5.13. The van der Waals surface area contributed by atoms with E-state index in [2.05, 4.69) is 19.3 Å². The van der Waals surface area contributed by atoms with E-state index in [1.807, 2.05) is 0 Å². The molecule has 6 nitrogen and oxygen atoms in total. The minimum atomic E-state index is -3.75. The summed E-state index contributed by atoms with van der Waals surface area (Å²) < 4.78 is 24.6. The first-order valence-corrected chi connectivity index (χ1v) is 4.88. The number of primary amides is 1. The van der Waals surface area contributed by atoms with Crippen LogP contribution in [0.25, 0.3) is 0 Å². The van der Waals surface area contributed by atoms with E-state index in [-0.39, 0.29) is 13.2 Å². The van der Waals surface area contributed by atoms with Crippen molar-refractivity contribution >= 4 is 13.9 Å². The molecule has 72 valence electrons. The SMILES string of the molecule is CCOP(=O)(OCC)OC(N)=O. The quantitative estimate of drug-likeness (QED) is 0.670. The van der Waals surface area contributed by atoms with Crippen molar-refractivity contribution in [3.8, 4) is 0 Å². The van der Waals surface area contributed by atoms with Gasteiger partial charge in [0.2, 0.25) is 0 Å². The number of rotatable bonds is 5. The van der Waals surface area contributed by atoms with Gasteiger partial charge >= 0.3 is 13.9 Å². The summed E-state index contributed by atoms with van der Waals surface area (Å²) >= 11 is 0. The Kier molecular flexibility index (Phi) is 4.89. The zero-order valence-electron chi connectivity index (χ0n) is 6.98. The fourth-order valence-electron chi connectivity index (χ4n) is 0.516. The van der Waals surface area contributed by atoms with Crippen molar-refractivity contribution in [2.75, 3.05) is 13.2 Å². The lowest BCUT2D eigenvalue weighted by Gasteiger charge is -2.13. The zero-order chi connectivity index (χ0) is 9.61. The second-order valence-electron chi connectivity index (χ2n) is 1.69. The van der Waals surface area contributed by atoms with Gasteiger partial charge in [-0.2, -0.15) is 0 Å². The average molecular weight is 197 g/mol. The van der Waals surface area contributed by atoms with Gasteiger partial charge in [-0.25, -0.2) is 9.36 Å². The van der Waals surface area contributed by atoms with Crippen LogP contribution in [-0.2, 0) is 18.1 Å². The first kappa shape index (κ1) is 11.4. The summed E-state index contributed by atoms with van der Waals surface area (Å²) in [5.41, 5.74) is 4.65. The maximum Gasteiger partial charge on any atom is 0.533 e. The molecule has 0 fully saturated rings. The van der Waals surface area contributed by atoms with Crippen LogP contribution in [0, 0.1) is 0 Å². The summed E-state index contributed by atoms with van der Waals surface area (Å²) in [5.74, 6) is 0. The Morgan fingerprint density at radius 3 is 2.00 bits per heavy atom. The van der Waals surface area contributed by atoms with E-state index >= 15 is 0 Å². The molecule has 7 heteroatoms. The Hall–Kier alpha value is -0.580. The van der Waals surface area contributed by atoms with Crippen LogP contribution in [0.1, 0.15) is 13.8 Å². The van der Waals surface area contributed by atoms with Gasteiger partial charge in [0.1, 0.15) is 0 Å². The van der Waals surface area contributed by atoms with Crippen molar-refractivity contribution in [3.63, 3.8) is 0 Å². The molecule has 2 N–H and O–H groups in total. The molecule has 0 aliphatic heterocycles. The minimum Gasteiger partial charge on any atom is -0.354 e. The fraction of sp³-hybridized carbons (Fsp3) is 0.800. The third-order valence-electron chi connectivity index (χ3n) is 0.776. The van der Waals surface area contributed by atoms with Crippen molar-refractivity contribution in [2.45, 2.75) is 13.8 Å². The van der Waals surface area contributed by atoms with E-state index in [0.29, 0.717) is 0 Å². The third kappa shape index (κ3) is 4.33. The topological polar surface area (TPSA) is 87.8 Å². The Morgan fingerprint density at radius 2 is 1.75 bits per heavy atom. The van der Waals surface area contributed by atoms with E-state index in [9.17, 15) is 9.36 Å². The Morgan fingerprint density at radius 1 is 1.33 bits per heavy atom. The molecule has 1 amide bonds. The Balaban J connectivity index is 4.18. The molecular weight excluding hydrogens is 185 g/mol. The number of nitrogens with two attached hydrogens (primary N) is 1. The van der Waals surface area contributed by atoms with Crippen molar-refractivity contribution in [1.82, 2.24) is 0 Å². The van der Waals surface area contributed by atoms with Crippen molar-refractivity contribution in [3.05, 3.63) is 0 Å². The van der Waals surface area contributed by atoms with Crippen LogP contribution in [0.4, 0.5) is 4.79 Å². The first-order valence-electron chi connectivity index (χ1n) is 3.42. The monoisotopic (exact) mass is 197 g/mol. The lowest BCUT2D eigenvalue weighted by Crippen LogP contribution is -2.13. The van der Waals surface area contributed by atoms with E-state index in [1.165, 1.54) is 0 Å². The molecule has 0 aromatic rings. The van der Waals surface area contributed by atoms with Gasteiger partial charge in [0.05, 0.1) is 13.2 Å². The number of carbonyl (C=O) groups excluding carboxylic acids is 1. The van der Waals surface area contributed by atoms with Gasteiger partial charge in [0.15, 0.2) is 0 Å². The highest BCUT2D eigenvalue weighted by Gasteiger charge is 2.28. The Bertz CT molecular complexity index is 184. The van der Waals surface area contributed by atoms with Gasteiger partial charge in [0, 0.05) is 0 Å². The van der Waals surface area contributed by atoms with Crippen LogP contribution >= 0.6 is 7.82 Å². The molecule has 0 aliphatic rings. The summed E-state index contributed by atoms with van der Waals surface area (Å²) in [6, 6.07) is 0. The number of carbonyl (C=O) groups is 1. The molecule has 0 aliphatic carbocycles. The summed E-state index contributed by atoms with van der Waals surface area (Å²) in [7, 11) is -3.75. The van der Waals surface area contributed by atoms with Gasteiger partial charge in [-0.15, -0.1) is 0 Å². The molecule has 0 unspecified atom stereocenters. The number of phosphoric acid groups is 1. The maximum absolute atomic E-state index is 11.3. The van der Waals surface area contributed by atoms with Gasteiger partial charge in [-0.1, -0.05) is 0 Å². The highest BCUT2D eigenvalue weighted by molar-refractivity contribution is 7.49. The Labute approximate surface area is 70.6 Å². The molecular formula is C5H12NO5P. The van der Waals surface area contributed by atoms with E-state index in [4.69, 9.17) is 0 Å². The van der Waals surface area contributed by atoms with Gasteiger partial charge < -0.3 is 10.3 Å². The number of amides is 1. The predicted octanol–water partition coefficient (Wildman–Crippen LogP) is 1.26. The summed E-state index contributed by atoms with van der Waals surface area (Å²) in [6.07, 6.45) is -1.18. The summed E-state index contributed by atoms with van der Waals surface area (Å²) in [4.78, 5) is 10.2. The summed E-state index contributed by atoms with van der Waals surface area (Å²) in [6.45, 7) is 3.42. The average Bonchev–Trinajstić information content (AvgIpc) is 1.85. The molecule has 0 radical (unpaired) electrons. The van der Waals surface area contributed by atoms with Crippen LogP contribution in [0.15, 0.2) is 0 Å². The highest BCUT2D eigenvalue weighted by atomic mass is 31.2. The normalized spacial score (nSPS) is 11.2. The van der Waals surface area contributed by atoms with Crippen LogP contribution in [-0.4, -0.2) is 19.3 Å². The standard InChI is InChI=1S/C5H12NO5P/c1-3-9-12(8,10-4-2)11-5(6)7/h3-4H2,1-2H3,(H2,6,7). The molecule has 0 rings (SSSR count). The molecule has 0 aromatic heterocycles. The fourth-order valence-corrected chi connectivity index (χ4v) is 1.55. The molecule has 12 heavy (non-hydrogen) atoms. The van der Waals surface area contributed by atoms with Crippen molar-refractivity contribution in [2.24, 2.45) is 5.73 Å². The number of phosphoric ester groups is 1. The van der Waals surface area contributed by atoms with Gasteiger partial charge in [0.25, 0.3) is 0 Å². The largest absolute Gasteiger partial charge is 0.533 e. The van der Waals surface area contributed by atoms with Crippen LogP contribution in [0.2, 0.25) is 0 Å². The second-order valence-corrected chi connectivity index (χ2v) is 3.29. The van der Waals surface area contributed by atoms with Gasteiger partial charge in [-0.05, 0) is 13.8 Å². The smallest absolute Gasteiger partial charge is 0.354 e. The number of hydrogen-bond acceptors (Lipinski definition) is 5. The first-order chi connectivity index (χ1) is 5.54. The zero-order valence-corrected chi connectivity index (χ0v) is 7.87.